The van der Waals surface area contributed by atoms with Crippen molar-refractivity contribution >= 4 is 27.5 Å². The van der Waals surface area contributed by atoms with E-state index in [0.29, 0.717) is 12.4 Å². The maximum absolute atomic E-state index is 13.1. The zero-order chi connectivity index (χ0) is 14.5. The Kier molecular flexibility index (Phi) is 5.08. The van der Waals surface area contributed by atoms with Gasteiger partial charge in [-0.15, -0.1) is 4.98 Å². The van der Waals surface area contributed by atoms with Gasteiger partial charge in [-0.1, -0.05) is 6.92 Å². The van der Waals surface area contributed by atoms with Crippen LogP contribution >= 0.6 is 27.5 Å². The van der Waals surface area contributed by atoms with E-state index in [4.69, 9.17) is 21.1 Å². The second kappa shape index (κ2) is 6.81. The first-order valence-electron chi connectivity index (χ1n) is 5.75. The molecule has 0 saturated heterocycles. The van der Waals surface area contributed by atoms with Crippen LogP contribution in [0.15, 0.2) is 22.7 Å². The summed E-state index contributed by atoms with van der Waals surface area (Å²) >= 11 is 8.82. The van der Waals surface area contributed by atoms with Crippen LogP contribution in [0.1, 0.15) is 13.3 Å². The Morgan fingerprint density at radius 1 is 1.25 bits per heavy atom. The number of benzene rings is 1. The largest absolute Gasteiger partial charge is 0.463 e. The lowest BCUT2D eigenvalue weighted by Gasteiger charge is -2.07. The van der Waals surface area contributed by atoms with Crippen LogP contribution in [0, 0.1) is 5.82 Å². The molecule has 0 N–H and O–H groups in total. The van der Waals surface area contributed by atoms with Gasteiger partial charge in [0, 0.05) is 0 Å². The molecule has 106 valence electrons. The molecule has 0 aliphatic carbocycles. The van der Waals surface area contributed by atoms with Crippen molar-refractivity contribution in [1.29, 1.82) is 0 Å². The van der Waals surface area contributed by atoms with E-state index in [-0.39, 0.29) is 21.8 Å². The van der Waals surface area contributed by atoms with E-state index in [1.54, 1.807) is 0 Å². The molecule has 0 bridgehead atoms. The summed E-state index contributed by atoms with van der Waals surface area (Å²) < 4.78 is 24.0. The molecular weight excluding hydrogens is 353 g/mol. The summed E-state index contributed by atoms with van der Waals surface area (Å²) in [5, 5.41) is -0.0396. The van der Waals surface area contributed by atoms with Crippen molar-refractivity contribution in [1.82, 2.24) is 15.0 Å². The van der Waals surface area contributed by atoms with Gasteiger partial charge < -0.3 is 9.47 Å². The third kappa shape index (κ3) is 4.01. The molecular formula is C12H10BrClFN3O2. The minimum absolute atomic E-state index is 0.0189. The quantitative estimate of drug-likeness (QED) is 0.804. The highest BCUT2D eigenvalue weighted by Gasteiger charge is 2.09. The van der Waals surface area contributed by atoms with Crippen LogP contribution in [-0.4, -0.2) is 21.6 Å². The van der Waals surface area contributed by atoms with E-state index in [2.05, 4.69) is 30.9 Å². The molecule has 0 amide bonds. The minimum Gasteiger partial charge on any atom is -0.463 e. The Balaban J connectivity index is 2.19. The Morgan fingerprint density at radius 3 is 2.70 bits per heavy atom. The summed E-state index contributed by atoms with van der Waals surface area (Å²) in [4.78, 5) is 11.6. The lowest BCUT2D eigenvalue weighted by atomic mass is 10.3. The van der Waals surface area contributed by atoms with Crippen LogP contribution in [-0.2, 0) is 0 Å². The van der Waals surface area contributed by atoms with Crippen LogP contribution in [0.2, 0.25) is 5.28 Å². The predicted molar refractivity (Wildman–Crippen MR) is 74.8 cm³/mol. The number of hydrogen-bond acceptors (Lipinski definition) is 5. The van der Waals surface area contributed by atoms with Crippen LogP contribution < -0.4 is 9.47 Å². The maximum Gasteiger partial charge on any atom is 0.329 e. The molecule has 1 aromatic carbocycles. The lowest BCUT2D eigenvalue weighted by Crippen LogP contribution is -2.03. The third-order valence-corrected chi connectivity index (χ3v) is 2.88. The highest BCUT2D eigenvalue weighted by Crippen LogP contribution is 2.25. The predicted octanol–water partition coefficient (Wildman–Crippen LogP) is 4.01. The van der Waals surface area contributed by atoms with Crippen LogP contribution in [0.25, 0.3) is 0 Å². The minimum atomic E-state index is -0.391. The van der Waals surface area contributed by atoms with E-state index in [0.717, 1.165) is 6.42 Å². The molecule has 1 heterocycles. The fourth-order valence-corrected chi connectivity index (χ4v) is 1.77. The molecule has 0 radical (unpaired) electrons. The molecule has 0 aliphatic rings. The number of hydrogen-bond donors (Lipinski definition) is 0. The van der Waals surface area contributed by atoms with Crippen molar-refractivity contribution in [2.45, 2.75) is 13.3 Å². The molecule has 2 aromatic rings. The Bertz CT molecular complexity index is 615. The zero-order valence-electron chi connectivity index (χ0n) is 10.4. The number of nitrogens with zero attached hydrogens (tertiary/aromatic N) is 3. The van der Waals surface area contributed by atoms with Crippen LogP contribution in [0.3, 0.4) is 0 Å². The first kappa shape index (κ1) is 14.9. The molecule has 20 heavy (non-hydrogen) atoms. The van der Waals surface area contributed by atoms with Crippen molar-refractivity contribution in [2.24, 2.45) is 0 Å². The fourth-order valence-electron chi connectivity index (χ4n) is 1.26. The number of halogens is 3. The van der Waals surface area contributed by atoms with Gasteiger partial charge in [-0.3, -0.25) is 0 Å². The number of aromatic nitrogens is 3. The average Bonchev–Trinajstić information content (AvgIpc) is 2.40. The van der Waals surface area contributed by atoms with Crippen molar-refractivity contribution in [3.05, 3.63) is 33.8 Å². The second-order valence-corrected chi connectivity index (χ2v) is 4.89. The summed E-state index contributed by atoms with van der Waals surface area (Å²) in [6.45, 7) is 2.41. The molecule has 5 nitrogen and oxygen atoms in total. The van der Waals surface area contributed by atoms with Gasteiger partial charge in [0.25, 0.3) is 0 Å². The SMILES string of the molecule is CCCOc1nc(Cl)nc(Oc2ccc(F)c(Br)c2)n1. The summed E-state index contributed by atoms with van der Waals surface area (Å²) in [6, 6.07) is 4.23. The molecule has 2 rings (SSSR count). The molecule has 1 aromatic heterocycles. The van der Waals surface area contributed by atoms with E-state index in [1.165, 1.54) is 18.2 Å². The van der Waals surface area contributed by atoms with Gasteiger partial charge in [0.15, 0.2) is 0 Å². The Labute approximate surface area is 128 Å². The molecule has 0 atom stereocenters. The van der Waals surface area contributed by atoms with E-state index in [9.17, 15) is 4.39 Å². The van der Waals surface area contributed by atoms with Crippen LogP contribution in [0.4, 0.5) is 4.39 Å². The third-order valence-electron chi connectivity index (χ3n) is 2.10. The molecule has 0 fully saturated rings. The normalized spacial score (nSPS) is 10.4. The average molecular weight is 363 g/mol. The summed E-state index contributed by atoms with van der Waals surface area (Å²) in [5.41, 5.74) is 0. The second-order valence-electron chi connectivity index (χ2n) is 3.70. The van der Waals surface area contributed by atoms with E-state index < -0.39 is 5.82 Å². The van der Waals surface area contributed by atoms with Gasteiger partial charge in [0.05, 0.1) is 11.1 Å². The topological polar surface area (TPSA) is 57.1 Å². The smallest absolute Gasteiger partial charge is 0.329 e. The van der Waals surface area contributed by atoms with Crippen molar-refractivity contribution in [3.8, 4) is 17.8 Å². The highest BCUT2D eigenvalue weighted by atomic mass is 79.9. The molecule has 0 saturated carbocycles. The highest BCUT2D eigenvalue weighted by molar-refractivity contribution is 9.10. The molecule has 0 unspecified atom stereocenters. The standard InChI is InChI=1S/C12H10BrClFN3O2/c1-2-5-19-11-16-10(14)17-12(18-11)20-7-3-4-9(15)8(13)6-7/h3-4,6H,2,5H2,1H3. The van der Waals surface area contributed by atoms with Gasteiger partial charge in [-0.05, 0) is 52.2 Å². The fraction of sp³-hybridized carbons (Fsp3) is 0.250. The molecule has 8 heteroatoms. The van der Waals surface area contributed by atoms with Gasteiger partial charge in [0.1, 0.15) is 11.6 Å². The van der Waals surface area contributed by atoms with Gasteiger partial charge >= 0.3 is 12.0 Å². The first-order chi connectivity index (χ1) is 9.58. The number of ether oxygens (including phenoxy) is 2. The monoisotopic (exact) mass is 361 g/mol. The Hall–Kier alpha value is -1.47. The van der Waals surface area contributed by atoms with E-state index >= 15 is 0 Å². The van der Waals surface area contributed by atoms with E-state index in [1.807, 2.05) is 6.92 Å². The van der Waals surface area contributed by atoms with Crippen molar-refractivity contribution in [3.63, 3.8) is 0 Å². The van der Waals surface area contributed by atoms with Crippen molar-refractivity contribution < 1.29 is 13.9 Å². The summed E-state index contributed by atoms with van der Waals surface area (Å²) in [7, 11) is 0. The Morgan fingerprint density at radius 2 is 2.00 bits per heavy atom. The lowest BCUT2D eigenvalue weighted by molar-refractivity contribution is 0.284. The molecule has 0 aliphatic heterocycles. The van der Waals surface area contributed by atoms with Crippen molar-refractivity contribution in [2.75, 3.05) is 6.61 Å². The van der Waals surface area contributed by atoms with Gasteiger partial charge in [-0.2, -0.15) is 9.97 Å². The molecule has 0 spiro atoms. The summed E-state index contributed by atoms with van der Waals surface area (Å²) in [5.74, 6) is -0.0278. The van der Waals surface area contributed by atoms with Crippen LogP contribution in [0.5, 0.6) is 17.8 Å². The summed E-state index contributed by atoms with van der Waals surface area (Å²) in [6.07, 6.45) is 0.810. The maximum atomic E-state index is 13.1. The first-order valence-corrected chi connectivity index (χ1v) is 6.93. The van der Waals surface area contributed by atoms with Gasteiger partial charge in [-0.25, -0.2) is 4.39 Å². The zero-order valence-corrected chi connectivity index (χ0v) is 12.8. The number of rotatable bonds is 5. The van der Waals surface area contributed by atoms with Gasteiger partial charge in [0.2, 0.25) is 5.28 Å².